The molecule has 8 heteroatoms. The van der Waals surface area contributed by atoms with Gasteiger partial charge in [-0.15, -0.1) is 0 Å². The minimum Gasteiger partial charge on any atom is -0.506 e. The number of H-pyrrole nitrogens is 1. The largest absolute Gasteiger partial charge is 0.506 e. The summed E-state index contributed by atoms with van der Waals surface area (Å²) < 4.78 is 6.87. The van der Waals surface area contributed by atoms with Gasteiger partial charge in [0.15, 0.2) is 8.32 Å². The summed E-state index contributed by atoms with van der Waals surface area (Å²) in [5.74, 6) is -0.804. The van der Waals surface area contributed by atoms with E-state index in [1.807, 2.05) is 30.3 Å². The maximum Gasteiger partial charge on any atom is 0.307 e. The fourth-order valence-corrected chi connectivity index (χ4v) is 5.26. The van der Waals surface area contributed by atoms with Crippen molar-refractivity contribution < 1.29 is 19.4 Å². The molecule has 1 heterocycles. The zero-order valence-electron chi connectivity index (χ0n) is 22.0. The molecule has 0 saturated carbocycles. The third-order valence-electron chi connectivity index (χ3n) is 7.07. The summed E-state index contributed by atoms with van der Waals surface area (Å²) in [6.45, 7) is 13.7. The fourth-order valence-electron chi connectivity index (χ4n) is 3.99. The van der Waals surface area contributed by atoms with Crippen LogP contribution in [0, 0.1) is 0 Å². The number of aromatic nitrogens is 1. The Bertz CT molecular complexity index is 1260. The van der Waals surface area contributed by atoms with E-state index >= 15 is 0 Å². The van der Waals surface area contributed by atoms with Crippen LogP contribution >= 0.6 is 0 Å². The molecule has 0 fully saturated rings. The number of aromatic hydroxyl groups is 1. The Morgan fingerprint density at radius 2 is 1.69 bits per heavy atom. The van der Waals surface area contributed by atoms with Crippen LogP contribution in [0.25, 0.3) is 10.9 Å². The van der Waals surface area contributed by atoms with Crippen molar-refractivity contribution in [3.05, 3.63) is 75.6 Å². The number of hydrogen-bond acceptors (Lipinski definition) is 5. The maximum absolute atomic E-state index is 11.9. The highest BCUT2D eigenvalue weighted by molar-refractivity contribution is 6.74. The van der Waals surface area contributed by atoms with Gasteiger partial charge in [0, 0.05) is 24.0 Å². The van der Waals surface area contributed by atoms with Gasteiger partial charge in [-0.25, -0.2) is 0 Å². The van der Waals surface area contributed by atoms with E-state index in [2.05, 4.69) is 51.1 Å². The lowest BCUT2D eigenvalue weighted by Crippen LogP contribution is -2.44. The lowest BCUT2D eigenvalue weighted by Gasteiger charge is -2.40. The summed E-state index contributed by atoms with van der Waals surface area (Å²) in [6, 6.07) is 14.5. The molecule has 3 rings (SSSR count). The molecule has 0 radical (unpaired) electrons. The van der Waals surface area contributed by atoms with Gasteiger partial charge in [-0.05, 0) is 60.3 Å². The van der Waals surface area contributed by atoms with Gasteiger partial charge in [0.1, 0.15) is 5.75 Å². The molecule has 0 aliphatic carbocycles. The Hall–Kier alpha value is -2.94. The standard InChI is InChI=1S/C28H38N2O5Si/c1-18(15-19-7-9-20(10-8-19)16-26(33)34)29-17-24(35-36(5,6)28(2,3)4)21-11-13-23(31)27-22(21)12-14-25(32)30-27/h7-14,18,24,29,31H,15-17H2,1-6H3,(H,30,32)(H,33,34)/t18-,24+/m1/s1. The lowest BCUT2D eigenvalue weighted by molar-refractivity contribution is -0.136. The number of carboxylic acids is 1. The molecule has 0 aliphatic rings. The molecule has 36 heavy (non-hydrogen) atoms. The van der Waals surface area contributed by atoms with E-state index in [0.717, 1.165) is 28.5 Å². The number of phenols is 1. The Labute approximate surface area is 213 Å². The highest BCUT2D eigenvalue weighted by Gasteiger charge is 2.39. The number of nitrogens with one attached hydrogen (secondary N) is 2. The maximum atomic E-state index is 11.9. The van der Waals surface area contributed by atoms with Crippen molar-refractivity contribution in [1.29, 1.82) is 0 Å². The van der Waals surface area contributed by atoms with E-state index in [1.165, 1.54) is 6.07 Å². The highest BCUT2D eigenvalue weighted by atomic mass is 28.4. The number of benzene rings is 2. The number of pyridine rings is 1. The van der Waals surface area contributed by atoms with Crippen LogP contribution in [0.2, 0.25) is 18.1 Å². The fraction of sp³-hybridized carbons (Fsp3) is 0.429. The first kappa shape index (κ1) is 27.6. The summed E-state index contributed by atoms with van der Waals surface area (Å²) in [4.78, 5) is 25.6. The van der Waals surface area contributed by atoms with Gasteiger partial charge >= 0.3 is 5.97 Å². The van der Waals surface area contributed by atoms with Crippen LogP contribution in [0.3, 0.4) is 0 Å². The van der Waals surface area contributed by atoms with Gasteiger partial charge in [-0.2, -0.15) is 0 Å². The van der Waals surface area contributed by atoms with Crippen molar-refractivity contribution in [3.8, 4) is 5.75 Å². The molecule has 0 amide bonds. The molecule has 1 aromatic heterocycles. The van der Waals surface area contributed by atoms with Gasteiger partial charge in [-0.1, -0.05) is 51.1 Å². The van der Waals surface area contributed by atoms with Gasteiger partial charge < -0.3 is 24.9 Å². The molecular formula is C28H38N2O5Si. The summed E-state index contributed by atoms with van der Waals surface area (Å²) >= 11 is 0. The number of phenolic OH excluding ortho intramolecular Hbond substituents is 1. The monoisotopic (exact) mass is 510 g/mol. The molecule has 2 atom stereocenters. The van der Waals surface area contributed by atoms with Crippen molar-refractivity contribution in [1.82, 2.24) is 10.3 Å². The van der Waals surface area contributed by atoms with Crippen LogP contribution in [0.5, 0.6) is 5.75 Å². The Balaban J connectivity index is 1.84. The molecule has 194 valence electrons. The van der Waals surface area contributed by atoms with E-state index in [-0.39, 0.29) is 34.9 Å². The molecule has 0 saturated heterocycles. The Morgan fingerprint density at radius 3 is 2.31 bits per heavy atom. The smallest absolute Gasteiger partial charge is 0.307 e. The van der Waals surface area contributed by atoms with Crippen LogP contribution in [-0.4, -0.2) is 42.1 Å². The molecule has 0 spiro atoms. The summed E-state index contributed by atoms with van der Waals surface area (Å²) in [7, 11) is -2.15. The van der Waals surface area contributed by atoms with Crippen molar-refractivity contribution in [3.63, 3.8) is 0 Å². The average Bonchev–Trinajstić information content (AvgIpc) is 2.77. The molecular weight excluding hydrogens is 472 g/mol. The van der Waals surface area contributed by atoms with E-state index in [4.69, 9.17) is 9.53 Å². The summed E-state index contributed by atoms with van der Waals surface area (Å²) in [5, 5.41) is 23.7. The van der Waals surface area contributed by atoms with E-state index in [1.54, 1.807) is 12.1 Å². The van der Waals surface area contributed by atoms with Crippen LogP contribution in [0.4, 0.5) is 0 Å². The van der Waals surface area contributed by atoms with E-state index in [0.29, 0.717) is 12.1 Å². The lowest BCUT2D eigenvalue weighted by atomic mass is 10.0. The third-order valence-corrected chi connectivity index (χ3v) is 11.6. The van der Waals surface area contributed by atoms with Crippen molar-refractivity contribution >= 4 is 25.2 Å². The Kier molecular flexibility index (Phi) is 8.43. The van der Waals surface area contributed by atoms with Gasteiger partial charge in [-0.3, -0.25) is 9.59 Å². The number of rotatable bonds is 10. The molecule has 7 nitrogen and oxygen atoms in total. The topological polar surface area (TPSA) is 112 Å². The minimum atomic E-state index is -2.15. The molecule has 3 aromatic rings. The number of fused-ring (bicyclic) bond motifs is 1. The first-order chi connectivity index (χ1) is 16.8. The second-order valence-electron chi connectivity index (χ2n) is 11.1. The number of aromatic amines is 1. The van der Waals surface area contributed by atoms with Gasteiger partial charge in [0.05, 0.1) is 18.0 Å². The third kappa shape index (κ3) is 6.84. The summed E-state index contributed by atoms with van der Waals surface area (Å²) in [5.41, 5.74) is 2.98. The zero-order valence-corrected chi connectivity index (χ0v) is 23.0. The van der Waals surface area contributed by atoms with Crippen molar-refractivity contribution in [2.24, 2.45) is 0 Å². The second-order valence-corrected chi connectivity index (χ2v) is 15.8. The van der Waals surface area contributed by atoms with Crippen LogP contribution in [0.1, 0.15) is 50.5 Å². The van der Waals surface area contributed by atoms with Crippen LogP contribution < -0.4 is 10.9 Å². The van der Waals surface area contributed by atoms with Crippen molar-refractivity contribution in [2.45, 2.75) is 70.8 Å². The van der Waals surface area contributed by atoms with E-state index in [9.17, 15) is 14.7 Å². The number of carbonyl (C=O) groups is 1. The second kappa shape index (κ2) is 11.0. The molecule has 4 N–H and O–H groups in total. The first-order valence-corrected chi connectivity index (χ1v) is 15.2. The number of hydrogen-bond donors (Lipinski definition) is 4. The molecule has 0 aliphatic heterocycles. The predicted octanol–water partition coefficient (Wildman–Crippen LogP) is 5.14. The molecule has 2 aromatic carbocycles. The number of aliphatic carboxylic acids is 1. The average molecular weight is 511 g/mol. The van der Waals surface area contributed by atoms with Crippen molar-refractivity contribution in [2.75, 3.05) is 6.54 Å². The van der Waals surface area contributed by atoms with Crippen LogP contribution in [-0.2, 0) is 22.1 Å². The quantitative estimate of drug-likeness (QED) is 0.281. The normalized spacial score (nSPS) is 14.1. The van der Waals surface area contributed by atoms with Gasteiger partial charge in [0.2, 0.25) is 5.56 Å². The predicted molar refractivity (Wildman–Crippen MR) is 146 cm³/mol. The summed E-state index contributed by atoms with van der Waals surface area (Å²) in [6.07, 6.45) is 0.524. The SMILES string of the molecule is C[C@H](Cc1ccc(CC(=O)O)cc1)NC[C@H](O[Si](C)(C)C(C)(C)C)c1ccc(O)c2[nH]c(=O)ccc12. The molecule has 0 unspecified atom stereocenters. The molecule has 0 bridgehead atoms. The number of carboxylic acid groups (broad SMARTS) is 1. The highest BCUT2D eigenvalue weighted by Crippen LogP contribution is 2.41. The van der Waals surface area contributed by atoms with E-state index < -0.39 is 14.3 Å². The zero-order chi connectivity index (χ0) is 26.7. The first-order valence-electron chi connectivity index (χ1n) is 12.3. The Morgan fingerprint density at radius 1 is 1.06 bits per heavy atom. The van der Waals surface area contributed by atoms with Crippen LogP contribution in [0.15, 0.2) is 53.3 Å². The van der Waals surface area contributed by atoms with Gasteiger partial charge in [0.25, 0.3) is 0 Å². The minimum absolute atomic E-state index is 0.00952.